The molecule has 0 atom stereocenters. The number of anilines is 1. The molecule has 0 aliphatic rings. The molecular formula is C20H15N3O4S. The van der Waals surface area contributed by atoms with Crippen LogP contribution in [0.3, 0.4) is 0 Å². The molecule has 0 fully saturated rings. The second-order valence-electron chi connectivity index (χ2n) is 6.19. The predicted octanol–water partition coefficient (Wildman–Crippen LogP) is 4.95. The summed E-state index contributed by atoms with van der Waals surface area (Å²) in [6.07, 6.45) is 0. The van der Waals surface area contributed by atoms with Gasteiger partial charge in [-0.2, -0.15) is 0 Å². The lowest BCUT2D eigenvalue weighted by molar-refractivity contribution is -0.402. The lowest BCUT2D eigenvalue weighted by Crippen LogP contribution is -2.30. The Morgan fingerprint density at radius 3 is 2.61 bits per heavy atom. The highest BCUT2D eigenvalue weighted by molar-refractivity contribution is 7.22. The number of amides is 1. The van der Waals surface area contributed by atoms with Gasteiger partial charge in [0.1, 0.15) is 4.92 Å². The molecule has 0 saturated carbocycles. The number of nitro groups is 1. The van der Waals surface area contributed by atoms with Crippen LogP contribution in [0.15, 0.2) is 65.1 Å². The van der Waals surface area contributed by atoms with Gasteiger partial charge in [0.05, 0.1) is 22.8 Å². The number of furan rings is 1. The predicted molar refractivity (Wildman–Crippen MR) is 107 cm³/mol. The SMILES string of the molecule is Cc1cccc2sc(N(Cc3ccccc3)C(=O)c3ccc([N+](=O)[O-])o3)nc12. The molecule has 4 rings (SSSR count). The second-order valence-corrected chi connectivity index (χ2v) is 7.20. The summed E-state index contributed by atoms with van der Waals surface area (Å²) in [6.45, 7) is 2.23. The molecule has 0 aliphatic heterocycles. The average molecular weight is 393 g/mol. The second kappa shape index (κ2) is 7.24. The molecule has 2 heterocycles. The van der Waals surface area contributed by atoms with Crippen LogP contribution in [0.5, 0.6) is 0 Å². The first-order chi connectivity index (χ1) is 13.5. The van der Waals surface area contributed by atoms with Crippen molar-refractivity contribution in [2.75, 3.05) is 4.90 Å². The third-order valence-corrected chi connectivity index (χ3v) is 5.30. The van der Waals surface area contributed by atoms with Crippen molar-refractivity contribution in [3.05, 3.63) is 87.7 Å². The molecule has 4 aromatic rings. The van der Waals surface area contributed by atoms with Gasteiger partial charge in [0, 0.05) is 0 Å². The Kier molecular flexibility index (Phi) is 4.62. The molecule has 0 aliphatic carbocycles. The Morgan fingerprint density at radius 2 is 1.93 bits per heavy atom. The summed E-state index contributed by atoms with van der Waals surface area (Å²) in [5, 5.41) is 11.4. The standard InChI is InChI=1S/C20H15N3O4S/c1-13-6-5-9-16-18(13)21-20(28-16)22(12-14-7-3-2-4-8-14)19(24)15-10-11-17(27-15)23(25)26/h2-11H,12H2,1H3. The summed E-state index contributed by atoms with van der Waals surface area (Å²) in [5.74, 6) is -1.05. The van der Waals surface area contributed by atoms with Gasteiger partial charge in [0.2, 0.25) is 0 Å². The molecule has 0 bridgehead atoms. The Hall–Kier alpha value is -3.52. The molecule has 8 heteroatoms. The van der Waals surface area contributed by atoms with Gasteiger partial charge >= 0.3 is 5.88 Å². The minimum absolute atomic E-state index is 0.0985. The number of hydrogen-bond acceptors (Lipinski definition) is 6. The largest absolute Gasteiger partial charge is 0.433 e. The van der Waals surface area contributed by atoms with Crippen LogP contribution in [0.2, 0.25) is 0 Å². The Morgan fingerprint density at radius 1 is 1.14 bits per heavy atom. The van der Waals surface area contributed by atoms with E-state index in [1.54, 1.807) is 0 Å². The number of hydrogen-bond donors (Lipinski definition) is 0. The fourth-order valence-corrected chi connectivity index (χ4v) is 3.90. The number of para-hydroxylation sites is 1. The van der Waals surface area contributed by atoms with Crippen LogP contribution in [-0.4, -0.2) is 15.8 Å². The third kappa shape index (κ3) is 3.37. The lowest BCUT2D eigenvalue weighted by Gasteiger charge is -2.18. The minimum Gasteiger partial charge on any atom is -0.395 e. The molecule has 1 amide bonds. The van der Waals surface area contributed by atoms with Gasteiger partial charge in [-0.15, -0.1) is 0 Å². The number of aromatic nitrogens is 1. The van der Waals surface area contributed by atoms with Crippen molar-refractivity contribution in [2.24, 2.45) is 0 Å². The van der Waals surface area contributed by atoms with Crippen LogP contribution in [0.25, 0.3) is 10.2 Å². The number of carbonyl (C=O) groups excluding carboxylic acids is 1. The fourth-order valence-electron chi connectivity index (χ4n) is 2.86. The van der Waals surface area contributed by atoms with Crippen molar-refractivity contribution in [3.8, 4) is 0 Å². The molecule has 0 unspecified atom stereocenters. The third-order valence-electron chi connectivity index (χ3n) is 4.25. The van der Waals surface area contributed by atoms with Crippen molar-refractivity contribution in [1.82, 2.24) is 4.98 Å². The minimum atomic E-state index is -0.667. The van der Waals surface area contributed by atoms with Gasteiger partial charge in [-0.05, 0) is 30.2 Å². The van der Waals surface area contributed by atoms with Crippen molar-refractivity contribution in [3.63, 3.8) is 0 Å². The molecular weight excluding hydrogens is 378 g/mol. The van der Waals surface area contributed by atoms with E-state index in [1.165, 1.54) is 28.4 Å². The molecule has 0 saturated heterocycles. The van der Waals surface area contributed by atoms with E-state index in [9.17, 15) is 14.9 Å². The molecule has 0 spiro atoms. The molecule has 0 N–H and O–H groups in total. The maximum absolute atomic E-state index is 13.1. The summed E-state index contributed by atoms with van der Waals surface area (Å²) in [4.78, 5) is 29.5. The first-order valence-electron chi connectivity index (χ1n) is 8.49. The van der Waals surface area contributed by atoms with E-state index in [0.717, 1.165) is 21.3 Å². The van der Waals surface area contributed by atoms with Crippen molar-refractivity contribution >= 4 is 38.5 Å². The maximum Gasteiger partial charge on any atom is 0.433 e. The van der Waals surface area contributed by atoms with Crippen LogP contribution in [-0.2, 0) is 6.54 Å². The Labute approximate surface area is 164 Å². The zero-order chi connectivity index (χ0) is 19.7. The first-order valence-corrected chi connectivity index (χ1v) is 9.31. The van der Waals surface area contributed by atoms with Crippen LogP contribution in [0, 0.1) is 17.0 Å². The van der Waals surface area contributed by atoms with Crippen LogP contribution < -0.4 is 4.90 Å². The number of benzene rings is 2. The number of fused-ring (bicyclic) bond motifs is 1. The van der Waals surface area contributed by atoms with E-state index in [1.807, 2.05) is 55.5 Å². The summed E-state index contributed by atoms with van der Waals surface area (Å²) in [7, 11) is 0. The lowest BCUT2D eigenvalue weighted by atomic mass is 10.2. The summed E-state index contributed by atoms with van der Waals surface area (Å²) in [6, 6.07) is 17.8. The Balaban J connectivity index is 1.77. The molecule has 0 radical (unpaired) electrons. The number of nitrogens with zero attached hydrogens (tertiary/aromatic N) is 3. The van der Waals surface area contributed by atoms with Gasteiger partial charge in [-0.25, -0.2) is 4.98 Å². The molecule has 28 heavy (non-hydrogen) atoms. The smallest absolute Gasteiger partial charge is 0.395 e. The topological polar surface area (TPSA) is 89.5 Å². The first kappa shape index (κ1) is 17.9. The van der Waals surface area contributed by atoms with E-state index in [4.69, 9.17) is 4.42 Å². The number of carbonyl (C=O) groups is 1. The van der Waals surface area contributed by atoms with Crippen molar-refractivity contribution < 1.29 is 14.1 Å². The summed E-state index contributed by atoms with van der Waals surface area (Å²) < 4.78 is 6.10. The van der Waals surface area contributed by atoms with E-state index in [2.05, 4.69) is 4.98 Å². The zero-order valence-electron chi connectivity index (χ0n) is 14.9. The highest BCUT2D eigenvalue weighted by atomic mass is 32.1. The van der Waals surface area contributed by atoms with Gasteiger partial charge < -0.3 is 4.42 Å². The summed E-state index contributed by atoms with van der Waals surface area (Å²) in [5.41, 5.74) is 2.76. The fraction of sp³-hybridized carbons (Fsp3) is 0.100. The van der Waals surface area contributed by atoms with Gasteiger partial charge in [0.25, 0.3) is 5.91 Å². The quantitative estimate of drug-likeness (QED) is 0.353. The molecule has 2 aromatic carbocycles. The maximum atomic E-state index is 13.1. The van der Waals surface area contributed by atoms with Crippen molar-refractivity contribution in [2.45, 2.75) is 13.5 Å². The van der Waals surface area contributed by atoms with Gasteiger partial charge in [-0.1, -0.05) is 53.8 Å². The normalized spacial score (nSPS) is 10.9. The van der Waals surface area contributed by atoms with Crippen LogP contribution in [0.4, 0.5) is 11.0 Å². The number of rotatable bonds is 5. The van der Waals surface area contributed by atoms with E-state index in [-0.39, 0.29) is 12.3 Å². The van der Waals surface area contributed by atoms with Crippen LogP contribution >= 0.6 is 11.3 Å². The number of thiazole rings is 1. The number of aryl methyl sites for hydroxylation is 1. The zero-order valence-corrected chi connectivity index (χ0v) is 15.7. The van der Waals surface area contributed by atoms with Crippen LogP contribution in [0.1, 0.15) is 21.7 Å². The van der Waals surface area contributed by atoms with E-state index >= 15 is 0 Å². The monoisotopic (exact) mass is 393 g/mol. The van der Waals surface area contributed by atoms with Crippen molar-refractivity contribution in [1.29, 1.82) is 0 Å². The van der Waals surface area contributed by atoms with Gasteiger partial charge in [-0.3, -0.25) is 19.8 Å². The Bertz CT molecular complexity index is 1170. The molecule has 140 valence electrons. The molecule has 7 nitrogen and oxygen atoms in total. The van der Waals surface area contributed by atoms with Gasteiger partial charge in [0.15, 0.2) is 10.9 Å². The average Bonchev–Trinajstić information content (AvgIpc) is 3.34. The summed E-state index contributed by atoms with van der Waals surface area (Å²) >= 11 is 1.39. The highest BCUT2D eigenvalue weighted by Gasteiger charge is 2.26. The van der Waals surface area contributed by atoms with E-state index in [0.29, 0.717) is 5.13 Å². The molecule has 2 aromatic heterocycles. The highest BCUT2D eigenvalue weighted by Crippen LogP contribution is 2.32. The van der Waals surface area contributed by atoms with E-state index < -0.39 is 16.7 Å².